The van der Waals surface area contributed by atoms with Gasteiger partial charge < -0.3 is 9.64 Å². The van der Waals surface area contributed by atoms with Crippen LogP contribution in [0, 0.1) is 11.8 Å². The molecule has 0 bridgehead atoms. The van der Waals surface area contributed by atoms with E-state index >= 15 is 0 Å². The molecule has 2 atom stereocenters. The van der Waals surface area contributed by atoms with Gasteiger partial charge in [0.05, 0.1) is 11.5 Å². The Hall–Kier alpha value is -0.760. The Morgan fingerprint density at radius 2 is 1.33 bits per heavy atom. The summed E-state index contributed by atoms with van der Waals surface area (Å²) >= 11 is 0. The Labute approximate surface area is 92.6 Å². The fourth-order valence-corrected chi connectivity index (χ4v) is 2.79. The second-order valence-corrected chi connectivity index (χ2v) is 5.01. The number of rotatable bonds is 0. The lowest BCUT2D eigenvalue weighted by Gasteiger charge is -2.17. The summed E-state index contributed by atoms with van der Waals surface area (Å²) in [5.74, 6) is 3.53. The average molecular weight is 207 g/mol. The third kappa shape index (κ3) is 1.71. The highest BCUT2D eigenvalue weighted by molar-refractivity contribution is 5.25. The van der Waals surface area contributed by atoms with Crippen LogP contribution in [0.15, 0.2) is 22.7 Å². The van der Waals surface area contributed by atoms with Crippen LogP contribution in [0.3, 0.4) is 0 Å². The Balaban J connectivity index is 2.41. The molecule has 2 nitrogen and oxygen atoms in total. The number of hydrogen-bond donors (Lipinski definition) is 0. The van der Waals surface area contributed by atoms with Gasteiger partial charge in [0.15, 0.2) is 0 Å². The SMILES string of the molecule is CC1=C(C)C2CN(C)CC2C(C)=C(C)O1. The van der Waals surface area contributed by atoms with Gasteiger partial charge in [-0.25, -0.2) is 0 Å². The van der Waals surface area contributed by atoms with Crippen LogP contribution in [0.2, 0.25) is 0 Å². The highest BCUT2D eigenvalue weighted by Gasteiger charge is 2.36. The maximum absolute atomic E-state index is 5.85. The van der Waals surface area contributed by atoms with E-state index in [1.165, 1.54) is 24.2 Å². The molecule has 0 spiro atoms. The summed E-state index contributed by atoms with van der Waals surface area (Å²) in [5.41, 5.74) is 2.86. The summed E-state index contributed by atoms with van der Waals surface area (Å²) < 4.78 is 5.85. The molecule has 2 aliphatic rings. The van der Waals surface area contributed by atoms with Crippen LogP contribution in [0.1, 0.15) is 27.7 Å². The number of allylic oxidation sites excluding steroid dienone is 2. The van der Waals surface area contributed by atoms with Crippen molar-refractivity contribution >= 4 is 0 Å². The summed E-state index contributed by atoms with van der Waals surface area (Å²) in [6.45, 7) is 11.0. The molecule has 0 aliphatic carbocycles. The smallest absolute Gasteiger partial charge is 0.0997 e. The van der Waals surface area contributed by atoms with Gasteiger partial charge in [0.1, 0.15) is 0 Å². The first-order valence-electron chi connectivity index (χ1n) is 5.72. The lowest BCUT2D eigenvalue weighted by atomic mass is 9.84. The van der Waals surface area contributed by atoms with E-state index in [-0.39, 0.29) is 0 Å². The summed E-state index contributed by atoms with van der Waals surface area (Å²) in [6.07, 6.45) is 0. The molecule has 2 heterocycles. The van der Waals surface area contributed by atoms with Crippen molar-refractivity contribution in [3.05, 3.63) is 22.7 Å². The van der Waals surface area contributed by atoms with Crippen molar-refractivity contribution < 1.29 is 4.74 Å². The van der Waals surface area contributed by atoms with E-state index in [1.807, 2.05) is 0 Å². The molecule has 0 aromatic rings. The average Bonchev–Trinajstić information content (AvgIpc) is 2.54. The molecule has 15 heavy (non-hydrogen) atoms. The van der Waals surface area contributed by atoms with Gasteiger partial charge in [0, 0.05) is 24.9 Å². The first-order chi connectivity index (χ1) is 7.00. The predicted molar refractivity (Wildman–Crippen MR) is 62.3 cm³/mol. The Kier molecular flexibility index (Phi) is 2.63. The molecule has 0 amide bonds. The van der Waals surface area contributed by atoms with E-state index in [4.69, 9.17) is 4.74 Å². The molecule has 84 valence electrons. The zero-order chi connectivity index (χ0) is 11.2. The molecular formula is C13H21NO. The van der Waals surface area contributed by atoms with Crippen molar-refractivity contribution in [3.63, 3.8) is 0 Å². The molecule has 2 rings (SSSR count). The summed E-state index contributed by atoms with van der Waals surface area (Å²) in [5, 5.41) is 0. The zero-order valence-corrected chi connectivity index (χ0v) is 10.4. The van der Waals surface area contributed by atoms with Crippen LogP contribution in [0.25, 0.3) is 0 Å². The quantitative estimate of drug-likeness (QED) is 0.605. The third-order valence-electron chi connectivity index (χ3n) is 4.03. The monoisotopic (exact) mass is 207 g/mol. The molecule has 0 aromatic heterocycles. The van der Waals surface area contributed by atoms with Crippen LogP contribution < -0.4 is 0 Å². The summed E-state index contributed by atoms with van der Waals surface area (Å²) in [4.78, 5) is 2.42. The molecule has 0 N–H and O–H groups in total. The molecule has 0 aromatic carbocycles. The first kappa shape index (κ1) is 10.7. The van der Waals surface area contributed by atoms with E-state index in [0.717, 1.165) is 11.5 Å². The first-order valence-corrected chi connectivity index (χ1v) is 5.72. The van der Waals surface area contributed by atoms with Gasteiger partial charge in [-0.3, -0.25) is 0 Å². The third-order valence-corrected chi connectivity index (χ3v) is 4.03. The minimum Gasteiger partial charge on any atom is -0.467 e. The normalized spacial score (nSPS) is 32.9. The topological polar surface area (TPSA) is 12.5 Å². The van der Waals surface area contributed by atoms with Crippen molar-refractivity contribution in [1.29, 1.82) is 0 Å². The summed E-state index contributed by atoms with van der Waals surface area (Å²) in [7, 11) is 2.21. The van der Waals surface area contributed by atoms with Gasteiger partial charge in [-0.15, -0.1) is 0 Å². The van der Waals surface area contributed by atoms with Crippen molar-refractivity contribution in [1.82, 2.24) is 4.90 Å². The predicted octanol–water partition coefficient (Wildman–Crippen LogP) is 2.78. The second kappa shape index (κ2) is 3.67. The van der Waals surface area contributed by atoms with Crippen LogP contribution >= 0.6 is 0 Å². The van der Waals surface area contributed by atoms with Crippen LogP contribution in [0.5, 0.6) is 0 Å². The van der Waals surface area contributed by atoms with E-state index in [2.05, 4.69) is 39.6 Å². The van der Waals surface area contributed by atoms with E-state index in [1.54, 1.807) is 0 Å². The zero-order valence-electron chi connectivity index (χ0n) is 10.4. The number of hydrogen-bond acceptors (Lipinski definition) is 2. The minimum absolute atomic E-state index is 0.660. The van der Waals surface area contributed by atoms with Gasteiger partial charge in [-0.05, 0) is 45.9 Å². The van der Waals surface area contributed by atoms with Crippen LogP contribution in [-0.4, -0.2) is 25.0 Å². The summed E-state index contributed by atoms with van der Waals surface area (Å²) in [6, 6.07) is 0. The maximum Gasteiger partial charge on any atom is 0.0997 e. The maximum atomic E-state index is 5.85. The van der Waals surface area contributed by atoms with E-state index < -0.39 is 0 Å². The Morgan fingerprint density at radius 1 is 0.933 bits per heavy atom. The molecular weight excluding hydrogens is 186 g/mol. The molecule has 1 fully saturated rings. The molecule has 2 unspecified atom stereocenters. The van der Waals surface area contributed by atoms with Gasteiger partial charge in [0.2, 0.25) is 0 Å². The Bertz CT molecular complexity index is 308. The van der Waals surface area contributed by atoms with Crippen LogP contribution in [-0.2, 0) is 4.74 Å². The van der Waals surface area contributed by atoms with Gasteiger partial charge >= 0.3 is 0 Å². The fraction of sp³-hybridized carbons (Fsp3) is 0.692. The van der Waals surface area contributed by atoms with Crippen molar-refractivity contribution in [2.24, 2.45) is 11.8 Å². The van der Waals surface area contributed by atoms with Gasteiger partial charge in [-0.1, -0.05) is 0 Å². The second-order valence-electron chi connectivity index (χ2n) is 5.01. The minimum atomic E-state index is 0.660. The van der Waals surface area contributed by atoms with Crippen molar-refractivity contribution in [2.75, 3.05) is 20.1 Å². The van der Waals surface area contributed by atoms with Crippen molar-refractivity contribution in [2.45, 2.75) is 27.7 Å². The van der Waals surface area contributed by atoms with E-state index in [9.17, 15) is 0 Å². The molecule has 2 aliphatic heterocycles. The highest BCUT2D eigenvalue weighted by Crippen LogP contribution is 2.39. The molecule has 0 saturated carbocycles. The standard InChI is InChI=1S/C13H21NO/c1-8-10(3)15-11(4)9(2)13-7-14(5)6-12(8)13/h12-13H,6-7H2,1-5H3. The van der Waals surface area contributed by atoms with Crippen molar-refractivity contribution in [3.8, 4) is 0 Å². The number of nitrogens with zero attached hydrogens (tertiary/aromatic N) is 1. The number of fused-ring (bicyclic) bond motifs is 1. The largest absolute Gasteiger partial charge is 0.467 e. The molecule has 2 heteroatoms. The van der Waals surface area contributed by atoms with Crippen LogP contribution in [0.4, 0.5) is 0 Å². The lowest BCUT2D eigenvalue weighted by molar-refractivity contribution is 0.297. The fourth-order valence-electron chi connectivity index (χ4n) is 2.79. The lowest BCUT2D eigenvalue weighted by Crippen LogP contribution is -2.15. The number of ether oxygens (including phenoxy) is 1. The van der Waals surface area contributed by atoms with E-state index in [0.29, 0.717) is 11.8 Å². The molecule has 1 saturated heterocycles. The highest BCUT2D eigenvalue weighted by atomic mass is 16.5. The Morgan fingerprint density at radius 3 is 1.73 bits per heavy atom. The number of likely N-dealkylation sites (tertiary alicyclic amines) is 1. The van der Waals surface area contributed by atoms with Gasteiger partial charge in [-0.2, -0.15) is 0 Å². The molecule has 0 radical (unpaired) electrons. The van der Waals surface area contributed by atoms with Gasteiger partial charge in [0.25, 0.3) is 0 Å².